The van der Waals surface area contributed by atoms with Crippen molar-refractivity contribution >= 4 is 11.6 Å². The summed E-state index contributed by atoms with van der Waals surface area (Å²) in [6, 6.07) is 0. The van der Waals surface area contributed by atoms with Crippen LogP contribution in [-0.2, 0) is 6.42 Å². The van der Waals surface area contributed by atoms with Gasteiger partial charge in [-0.25, -0.2) is 0 Å². The van der Waals surface area contributed by atoms with Gasteiger partial charge in [0.15, 0.2) is 0 Å². The Kier molecular flexibility index (Phi) is 3.04. The van der Waals surface area contributed by atoms with Gasteiger partial charge in [0.25, 0.3) is 0 Å². The first-order chi connectivity index (χ1) is 5.68. The van der Waals surface area contributed by atoms with Gasteiger partial charge in [-0.05, 0) is 12.8 Å². The molecular formula is C9H11ClO2. The van der Waals surface area contributed by atoms with E-state index in [4.69, 9.17) is 11.6 Å². The Morgan fingerprint density at radius 2 is 1.83 bits per heavy atom. The van der Waals surface area contributed by atoms with Crippen LogP contribution >= 0.6 is 11.6 Å². The van der Waals surface area contributed by atoms with E-state index in [-0.39, 0.29) is 10.5 Å². The molecule has 0 spiro atoms. The monoisotopic (exact) mass is 186 g/mol. The molecule has 0 heterocycles. The van der Waals surface area contributed by atoms with Crippen molar-refractivity contribution in [1.82, 2.24) is 0 Å². The lowest BCUT2D eigenvalue weighted by molar-refractivity contribution is 0.712. The Labute approximate surface area is 75.9 Å². The summed E-state index contributed by atoms with van der Waals surface area (Å²) in [5, 5.41) is 0.163. The molecule has 66 valence electrons. The van der Waals surface area contributed by atoms with E-state index >= 15 is 0 Å². The van der Waals surface area contributed by atoms with Crippen LogP contribution in [0.4, 0.5) is 0 Å². The minimum Gasteiger partial charge on any atom is -0.285 e. The molecule has 0 saturated heterocycles. The zero-order chi connectivity index (χ0) is 9.14. The molecule has 2 nitrogen and oxygen atoms in total. The van der Waals surface area contributed by atoms with Crippen molar-refractivity contribution in [3.8, 4) is 0 Å². The molecular weight excluding hydrogens is 176 g/mol. The van der Waals surface area contributed by atoms with Gasteiger partial charge in [0.1, 0.15) is 0 Å². The van der Waals surface area contributed by atoms with Crippen LogP contribution in [0.5, 0.6) is 0 Å². The van der Waals surface area contributed by atoms with Crippen LogP contribution in [0.25, 0.3) is 0 Å². The quantitative estimate of drug-likeness (QED) is 0.530. The van der Waals surface area contributed by atoms with Crippen molar-refractivity contribution in [2.75, 3.05) is 0 Å². The third kappa shape index (κ3) is 1.58. The van der Waals surface area contributed by atoms with Crippen LogP contribution < -0.4 is 10.9 Å². The molecule has 0 N–H and O–H groups in total. The Morgan fingerprint density at radius 3 is 2.33 bits per heavy atom. The summed E-state index contributed by atoms with van der Waals surface area (Å²) in [6.07, 6.45) is 3.79. The van der Waals surface area contributed by atoms with Crippen molar-refractivity contribution in [3.63, 3.8) is 0 Å². The SMILES string of the molecule is CCCCCc1c(Cl)c(=O)c1=O. The maximum absolute atomic E-state index is 10.9. The molecule has 1 rings (SSSR count). The number of hydrogen-bond acceptors (Lipinski definition) is 2. The fourth-order valence-electron chi connectivity index (χ4n) is 1.19. The fraction of sp³-hybridized carbons (Fsp3) is 0.556. The molecule has 0 amide bonds. The number of halogens is 1. The van der Waals surface area contributed by atoms with Crippen molar-refractivity contribution in [2.24, 2.45) is 0 Å². The van der Waals surface area contributed by atoms with Crippen LogP contribution in [0.1, 0.15) is 31.7 Å². The van der Waals surface area contributed by atoms with Gasteiger partial charge in [-0.1, -0.05) is 31.4 Å². The first kappa shape index (κ1) is 9.46. The highest BCUT2D eigenvalue weighted by Crippen LogP contribution is 2.11. The van der Waals surface area contributed by atoms with Gasteiger partial charge in [0.2, 0.25) is 10.9 Å². The van der Waals surface area contributed by atoms with Crippen LogP contribution in [0, 0.1) is 0 Å². The first-order valence-corrected chi connectivity index (χ1v) is 4.54. The third-order valence-corrected chi connectivity index (χ3v) is 2.37. The van der Waals surface area contributed by atoms with E-state index in [2.05, 4.69) is 6.92 Å². The fourth-order valence-corrected chi connectivity index (χ4v) is 1.45. The molecule has 0 radical (unpaired) electrons. The van der Waals surface area contributed by atoms with E-state index in [0.717, 1.165) is 19.3 Å². The lowest BCUT2D eigenvalue weighted by Crippen LogP contribution is -2.35. The summed E-state index contributed by atoms with van der Waals surface area (Å²) in [5.74, 6) is 0. The van der Waals surface area contributed by atoms with Crippen molar-refractivity contribution in [1.29, 1.82) is 0 Å². The summed E-state index contributed by atoms with van der Waals surface area (Å²) in [5.41, 5.74) is -0.352. The van der Waals surface area contributed by atoms with Crippen molar-refractivity contribution in [3.05, 3.63) is 31.0 Å². The summed E-state index contributed by atoms with van der Waals surface area (Å²) in [6.45, 7) is 2.09. The average molecular weight is 187 g/mol. The van der Waals surface area contributed by atoms with E-state index in [0.29, 0.717) is 12.0 Å². The lowest BCUT2D eigenvalue weighted by atomic mass is 10.0. The van der Waals surface area contributed by atoms with Gasteiger partial charge in [0, 0.05) is 5.56 Å². The Bertz CT molecular complexity index is 334. The second kappa shape index (κ2) is 3.85. The van der Waals surface area contributed by atoms with E-state index in [9.17, 15) is 9.59 Å². The highest BCUT2D eigenvalue weighted by molar-refractivity contribution is 6.31. The first-order valence-electron chi connectivity index (χ1n) is 4.16. The van der Waals surface area contributed by atoms with Crippen LogP contribution in [-0.4, -0.2) is 0 Å². The van der Waals surface area contributed by atoms with Crippen molar-refractivity contribution in [2.45, 2.75) is 32.6 Å². The highest BCUT2D eigenvalue weighted by Gasteiger charge is 2.17. The molecule has 1 aromatic rings. The second-order valence-corrected chi connectivity index (χ2v) is 3.29. The van der Waals surface area contributed by atoms with E-state index in [1.807, 2.05) is 0 Å². The predicted molar refractivity (Wildman–Crippen MR) is 49.6 cm³/mol. The van der Waals surface area contributed by atoms with E-state index < -0.39 is 5.43 Å². The Hall–Kier alpha value is -0.630. The zero-order valence-electron chi connectivity index (χ0n) is 7.02. The Balaban J connectivity index is 2.55. The van der Waals surface area contributed by atoms with Gasteiger partial charge in [-0.3, -0.25) is 9.59 Å². The topological polar surface area (TPSA) is 34.1 Å². The summed E-state index contributed by atoms with van der Waals surface area (Å²) in [7, 11) is 0. The zero-order valence-corrected chi connectivity index (χ0v) is 7.78. The second-order valence-electron chi connectivity index (χ2n) is 2.91. The molecule has 3 heteroatoms. The van der Waals surface area contributed by atoms with Crippen LogP contribution in [0.3, 0.4) is 0 Å². The van der Waals surface area contributed by atoms with Crippen LogP contribution in [0.2, 0.25) is 5.02 Å². The number of rotatable bonds is 4. The summed E-state index contributed by atoms with van der Waals surface area (Å²) < 4.78 is 0. The number of hydrogen-bond donors (Lipinski definition) is 0. The maximum Gasteiger partial charge on any atom is 0.244 e. The minimum absolute atomic E-state index is 0.163. The average Bonchev–Trinajstić information content (AvgIpc) is 2.11. The third-order valence-electron chi connectivity index (χ3n) is 1.97. The maximum atomic E-state index is 10.9. The van der Waals surface area contributed by atoms with E-state index in [1.165, 1.54) is 0 Å². The molecule has 12 heavy (non-hydrogen) atoms. The van der Waals surface area contributed by atoms with Gasteiger partial charge >= 0.3 is 0 Å². The van der Waals surface area contributed by atoms with Gasteiger partial charge < -0.3 is 0 Å². The predicted octanol–water partition coefficient (Wildman–Crippen LogP) is 1.67. The molecule has 0 aliphatic rings. The summed E-state index contributed by atoms with van der Waals surface area (Å²) in [4.78, 5) is 21.5. The number of unbranched alkanes of at least 4 members (excludes halogenated alkanes) is 2. The van der Waals surface area contributed by atoms with Crippen molar-refractivity contribution < 1.29 is 0 Å². The highest BCUT2D eigenvalue weighted by atomic mass is 35.5. The minimum atomic E-state index is -0.511. The Morgan fingerprint density at radius 1 is 1.17 bits per heavy atom. The lowest BCUT2D eigenvalue weighted by Gasteiger charge is -2.03. The summed E-state index contributed by atoms with van der Waals surface area (Å²) >= 11 is 5.55. The molecule has 0 aliphatic heterocycles. The molecule has 1 aromatic carbocycles. The largest absolute Gasteiger partial charge is 0.285 e. The molecule has 0 bridgehead atoms. The molecule has 0 fully saturated rings. The molecule has 0 aromatic heterocycles. The molecule has 0 unspecified atom stereocenters. The standard InChI is InChI=1S/C9H11ClO2/c1-2-3-4-5-6-7(10)9(12)8(6)11/h2-5H2,1H3. The normalized spacial score (nSPS) is 10.8. The van der Waals surface area contributed by atoms with Gasteiger partial charge in [-0.15, -0.1) is 0 Å². The van der Waals surface area contributed by atoms with E-state index in [1.54, 1.807) is 0 Å². The molecule has 0 aliphatic carbocycles. The van der Waals surface area contributed by atoms with Gasteiger partial charge in [0.05, 0.1) is 5.02 Å². The van der Waals surface area contributed by atoms with Gasteiger partial charge in [-0.2, -0.15) is 0 Å². The molecule has 0 atom stereocenters. The molecule has 0 saturated carbocycles. The smallest absolute Gasteiger partial charge is 0.244 e. The van der Waals surface area contributed by atoms with Crippen LogP contribution in [0.15, 0.2) is 9.59 Å².